The van der Waals surface area contributed by atoms with Crippen LogP contribution in [0.5, 0.6) is 5.75 Å². The quantitative estimate of drug-likeness (QED) is 0.864. The molecule has 1 fully saturated rings. The average Bonchev–Trinajstić information content (AvgIpc) is 2.52. The van der Waals surface area contributed by atoms with Crippen LogP contribution in [0.1, 0.15) is 18.9 Å². The molecule has 0 bridgehead atoms. The van der Waals surface area contributed by atoms with Crippen LogP contribution < -0.4 is 10.5 Å². The lowest BCUT2D eigenvalue weighted by atomic mass is 10.0. The first-order chi connectivity index (χ1) is 10.1. The minimum atomic E-state index is 0.495. The number of nitrogens with zero attached hydrogens (tertiary/aromatic N) is 2. The van der Waals surface area contributed by atoms with E-state index in [1.54, 1.807) is 7.11 Å². The fourth-order valence-electron chi connectivity index (χ4n) is 3.15. The van der Waals surface area contributed by atoms with Gasteiger partial charge in [0.25, 0.3) is 0 Å². The van der Waals surface area contributed by atoms with Crippen molar-refractivity contribution in [3.05, 3.63) is 29.8 Å². The summed E-state index contributed by atoms with van der Waals surface area (Å²) in [5, 5.41) is 0. The van der Waals surface area contributed by atoms with Crippen LogP contribution in [0.2, 0.25) is 0 Å². The van der Waals surface area contributed by atoms with Crippen molar-refractivity contribution in [1.29, 1.82) is 0 Å². The normalized spacial score (nSPS) is 22.2. The van der Waals surface area contributed by atoms with Crippen molar-refractivity contribution in [3.63, 3.8) is 0 Å². The van der Waals surface area contributed by atoms with Gasteiger partial charge in [0, 0.05) is 38.3 Å². The summed E-state index contributed by atoms with van der Waals surface area (Å²) in [5.74, 6) is 0.925. The highest BCUT2D eigenvalue weighted by Crippen LogP contribution is 2.17. The molecule has 1 aliphatic rings. The Hall–Kier alpha value is -1.10. The molecule has 0 amide bonds. The van der Waals surface area contributed by atoms with Crippen molar-refractivity contribution in [3.8, 4) is 5.75 Å². The predicted molar refractivity (Wildman–Crippen MR) is 87.8 cm³/mol. The Bertz CT molecular complexity index is 421. The van der Waals surface area contributed by atoms with E-state index in [1.807, 2.05) is 12.1 Å². The number of aryl methyl sites for hydroxylation is 1. The van der Waals surface area contributed by atoms with Gasteiger partial charge in [-0.05, 0) is 44.5 Å². The molecule has 0 aliphatic carbocycles. The fourth-order valence-corrected chi connectivity index (χ4v) is 3.15. The molecule has 0 saturated carbocycles. The molecule has 118 valence electrons. The van der Waals surface area contributed by atoms with Crippen LogP contribution in [-0.4, -0.2) is 62.2 Å². The van der Waals surface area contributed by atoms with Crippen LogP contribution in [0.4, 0.5) is 0 Å². The summed E-state index contributed by atoms with van der Waals surface area (Å²) in [7, 11) is 3.89. The SMILES string of the molecule is COc1ccc(CCC(C)N2CCN(C)CC2CN)cc1. The molecule has 21 heavy (non-hydrogen) atoms. The number of nitrogens with two attached hydrogens (primary N) is 1. The maximum atomic E-state index is 5.95. The van der Waals surface area contributed by atoms with Crippen molar-refractivity contribution < 1.29 is 4.74 Å². The van der Waals surface area contributed by atoms with E-state index in [2.05, 4.69) is 35.9 Å². The van der Waals surface area contributed by atoms with E-state index in [1.165, 1.54) is 12.0 Å². The second-order valence-electron chi connectivity index (χ2n) is 6.13. The average molecular weight is 291 g/mol. The third kappa shape index (κ3) is 4.43. The molecule has 1 aromatic carbocycles. The van der Waals surface area contributed by atoms with Gasteiger partial charge in [0.2, 0.25) is 0 Å². The van der Waals surface area contributed by atoms with Crippen molar-refractivity contribution in [1.82, 2.24) is 9.80 Å². The second kappa shape index (κ2) is 7.78. The molecule has 0 spiro atoms. The molecule has 0 radical (unpaired) electrons. The molecule has 1 heterocycles. The molecule has 2 N–H and O–H groups in total. The summed E-state index contributed by atoms with van der Waals surface area (Å²) in [5.41, 5.74) is 7.33. The first-order valence-electron chi connectivity index (χ1n) is 7.91. The third-order valence-electron chi connectivity index (χ3n) is 4.58. The van der Waals surface area contributed by atoms with Gasteiger partial charge in [-0.3, -0.25) is 4.90 Å². The van der Waals surface area contributed by atoms with Crippen molar-refractivity contribution >= 4 is 0 Å². The predicted octanol–water partition coefficient (Wildman–Crippen LogP) is 1.59. The highest BCUT2D eigenvalue weighted by Gasteiger charge is 2.27. The number of hydrogen-bond donors (Lipinski definition) is 1. The number of rotatable bonds is 6. The molecule has 4 nitrogen and oxygen atoms in total. The Labute approximate surface area is 128 Å². The Morgan fingerprint density at radius 2 is 2.00 bits per heavy atom. The molecule has 2 unspecified atom stereocenters. The standard InChI is InChI=1S/C17H29N3O/c1-14(20-11-10-19(2)13-16(20)12-18)4-5-15-6-8-17(21-3)9-7-15/h6-9,14,16H,4-5,10-13,18H2,1-3H3. The maximum absolute atomic E-state index is 5.95. The molecule has 2 atom stereocenters. The van der Waals surface area contributed by atoms with Crippen LogP contribution in [0, 0.1) is 0 Å². The first-order valence-corrected chi connectivity index (χ1v) is 7.91. The van der Waals surface area contributed by atoms with E-state index in [4.69, 9.17) is 10.5 Å². The number of piperazine rings is 1. The third-order valence-corrected chi connectivity index (χ3v) is 4.58. The van der Waals surface area contributed by atoms with Crippen LogP contribution in [0.25, 0.3) is 0 Å². The van der Waals surface area contributed by atoms with Gasteiger partial charge >= 0.3 is 0 Å². The zero-order valence-electron chi connectivity index (χ0n) is 13.6. The van der Waals surface area contributed by atoms with Crippen molar-refractivity contribution in [2.45, 2.75) is 31.8 Å². The molecular formula is C17H29N3O. The van der Waals surface area contributed by atoms with Gasteiger partial charge in [-0.1, -0.05) is 12.1 Å². The molecular weight excluding hydrogens is 262 g/mol. The van der Waals surface area contributed by atoms with E-state index in [0.29, 0.717) is 12.1 Å². The Balaban J connectivity index is 1.86. The zero-order valence-corrected chi connectivity index (χ0v) is 13.6. The molecule has 1 saturated heterocycles. The van der Waals surface area contributed by atoms with Gasteiger partial charge in [0.05, 0.1) is 7.11 Å². The molecule has 1 aliphatic heterocycles. The monoisotopic (exact) mass is 291 g/mol. The maximum Gasteiger partial charge on any atom is 0.118 e. The van der Waals surface area contributed by atoms with Gasteiger partial charge < -0.3 is 15.4 Å². The highest BCUT2D eigenvalue weighted by atomic mass is 16.5. The topological polar surface area (TPSA) is 41.7 Å². The lowest BCUT2D eigenvalue weighted by molar-refractivity contribution is 0.0594. The van der Waals surface area contributed by atoms with Gasteiger partial charge in [0.15, 0.2) is 0 Å². The number of likely N-dealkylation sites (N-methyl/N-ethyl adjacent to an activating group) is 1. The first kappa shape index (κ1) is 16.3. The molecule has 0 aromatic heterocycles. The van der Waals surface area contributed by atoms with E-state index in [-0.39, 0.29) is 0 Å². The van der Waals surface area contributed by atoms with Crippen LogP contribution in [0.15, 0.2) is 24.3 Å². The zero-order chi connectivity index (χ0) is 15.2. The Morgan fingerprint density at radius 1 is 1.29 bits per heavy atom. The van der Waals surface area contributed by atoms with Gasteiger partial charge in [0.1, 0.15) is 5.75 Å². The summed E-state index contributed by atoms with van der Waals surface area (Å²) in [6.45, 7) is 6.43. The molecule has 4 heteroatoms. The van der Waals surface area contributed by atoms with Crippen molar-refractivity contribution in [2.75, 3.05) is 40.3 Å². The van der Waals surface area contributed by atoms with Crippen LogP contribution >= 0.6 is 0 Å². The molecule has 2 rings (SSSR count). The van der Waals surface area contributed by atoms with E-state index < -0.39 is 0 Å². The summed E-state index contributed by atoms with van der Waals surface area (Å²) in [6.07, 6.45) is 2.28. The van der Waals surface area contributed by atoms with Gasteiger partial charge in [-0.25, -0.2) is 0 Å². The summed E-state index contributed by atoms with van der Waals surface area (Å²) in [4.78, 5) is 4.97. The minimum Gasteiger partial charge on any atom is -0.497 e. The summed E-state index contributed by atoms with van der Waals surface area (Å²) in [6, 6.07) is 9.48. The summed E-state index contributed by atoms with van der Waals surface area (Å²) < 4.78 is 5.20. The molecule has 1 aromatic rings. The van der Waals surface area contributed by atoms with Crippen molar-refractivity contribution in [2.24, 2.45) is 5.73 Å². The van der Waals surface area contributed by atoms with E-state index in [9.17, 15) is 0 Å². The highest BCUT2D eigenvalue weighted by molar-refractivity contribution is 5.27. The lowest BCUT2D eigenvalue weighted by Crippen LogP contribution is -2.57. The van der Waals surface area contributed by atoms with Crippen LogP contribution in [-0.2, 0) is 6.42 Å². The van der Waals surface area contributed by atoms with E-state index in [0.717, 1.165) is 38.3 Å². The number of hydrogen-bond acceptors (Lipinski definition) is 4. The van der Waals surface area contributed by atoms with Gasteiger partial charge in [-0.2, -0.15) is 0 Å². The van der Waals surface area contributed by atoms with Gasteiger partial charge in [-0.15, -0.1) is 0 Å². The Morgan fingerprint density at radius 3 is 2.62 bits per heavy atom. The minimum absolute atomic E-state index is 0.495. The smallest absolute Gasteiger partial charge is 0.118 e. The van der Waals surface area contributed by atoms with Crippen LogP contribution in [0.3, 0.4) is 0 Å². The second-order valence-corrected chi connectivity index (χ2v) is 6.13. The van der Waals surface area contributed by atoms with E-state index >= 15 is 0 Å². The Kier molecular flexibility index (Phi) is 6.03. The lowest BCUT2D eigenvalue weighted by Gasteiger charge is -2.43. The summed E-state index contributed by atoms with van der Waals surface area (Å²) >= 11 is 0. The number of methoxy groups -OCH3 is 1. The fraction of sp³-hybridized carbons (Fsp3) is 0.647. The number of ether oxygens (including phenoxy) is 1. The number of benzene rings is 1. The largest absolute Gasteiger partial charge is 0.497 e.